The van der Waals surface area contributed by atoms with Crippen molar-refractivity contribution in [1.29, 1.82) is 0 Å². The van der Waals surface area contributed by atoms with Gasteiger partial charge in [0.25, 0.3) is 0 Å². The monoisotopic (exact) mass is 343 g/mol. The van der Waals surface area contributed by atoms with E-state index >= 15 is 0 Å². The van der Waals surface area contributed by atoms with Crippen LogP contribution in [0.2, 0.25) is 0 Å². The number of aliphatic imine (C=N–C) groups is 1. The molecular formula is C17H24F3N3O. The van der Waals surface area contributed by atoms with Crippen molar-refractivity contribution in [2.45, 2.75) is 57.3 Å². The smallest absolute Gasteiger partial charge is 0.378 e. The molecule has 0 N–H and O–H groups in total. The average molecular weight is 343 g/mol. The summed E-state index contributed by atoms with van der Waals surface area (Å²) < 4.78 is 45.5. The normalized spacial score (nSPS) is 19.8. The lowest BCUT2D eigenvalue weighted by atomic mass is 10.0. The Hall–Kier alpha value is -1.63. The van der Waals surface area contributed by atoms with Crippen LogP contribution in [0, 0.1) is 0 Å². The summed E-state index contributed by atoms with van der Waals surface area (Å²) in [5.74, 6) is 0. The molecule has 1 aromatic heterocycles. The molecule has 1 aliphatic rings. The van der Waals surface area contributed by atoms with Crippen LogP contribution in [0.15, 0.2) is 23.5 Å². The maximum absolute atomic E-state index is 13.3. The number of alkyl halides is 3. The van der Waals surface area contributed by atoms with Gasteiger partial charge in [0.15, 0.2) is 0 Å². The van der Waals surface area contributed by atoms with Gasteiger partial charge in [-0.3, -0.25) is 9.98 Å². The Balaban J connectivity index is 2.09. The first-order valence-corrected chi connectivity index (χ1v) is 8.29. The molecular weight excluding hydrogens is 319 g/mol. The van der Waals surface area contributed by atoms with Crippen LogP contribution in [0.3, 0.4) is 0 Å². The molecule has 0 bridgehead atoms. The van der Waals surface area contributed by atoms with Crippen LogP contribution in [-0.2, 0) is 4.74 Å². The zero-order chi connectivity index (χ0) is 17.6. The molecule has 7 heteroatoms. The quantitative estimate of drug-likeness (QED) is 0.683. The van der Waals surface area contributed by atoms with Gasteiger partial charge in [0.1, 0.15) is 11.7 Å². The lowest BCUT2D eigenvalue weighted by Crippen LogP contribution is -2.44. The Morgan fingerprint density at radius 3 is 2.88 bits per heavy atom. The van der Waals surface area contributed by atoms with Crippen LogP contribution < -0.4 is 4.90 Å². The molecule has 2 unspecified atom stereocenters. The van der Waals surface area contributed by atoms with Gasteiger partial charge in [-0.1, -0.05) is 0 Å². The topological polar surface area (TPSA) is 37.7 Å². The highest BCUT2D eigenvalue weighted by atomic mass is 19.4. The largest absolute Gasteiger partial charge is 0.408 e. The summed E-state index contributed by atoms with van der Waals surface area (Å²) >= 11 is 0. The van der Waals surface area contributed by atoms with Gasteiger partial charge in [-0.25, -0.2) is 0 Å². The van der Waals surface area contributed by atoms with E-state index in [0.29, 0.717) is 17.8 Å². The zero-order valence-corrected chi connectivity index (χ0v) is 13.9. The van der Waals surface area contributed by atoms with Gasteiger partial charge in [0.2, 0.25) is 0 Å². The van der Waals surface area contributed by atoms with E-state index in [0.717, 1.165) is 32.3 Å². The molecule has 0 radical (unpaired) electrons. The van der Waals surface area contributed by atoms with Crippen LogP contribution in [0.25, 0.3) is 0 Å². The Morgan fingerprint density at radius 1 is 1.46 bits per heavy atom. The van der Waals surface area contributed by atoms with Gasteiger partial charge in [0.05, 0.1) is 18.0 Å². The summed E-state index contributed by atoms with van der Waals surface area (Å²) in [6.07, 6.45) is 3.34. The van der Waals surface area contributed by atoms with Crippen LogP contribution in [0.5, 0.6) is 0 Å². The van der Waals surface area contributed by atoms with Crippen LogP contribution in [0.1, 0.15) is 39.0 Å². The van der Waals surface area contributed by atoms with Crippen molar-refractivity contribution in [2.24, 2.45) is 4.99 Å². The molecule has 0 spiro atoms. The van der Waals surface area contributed by atoms with Crippen molar-refractivity contribution >= 4 is 18.1 Å². The highest BCUT2D eigenvalue weighted by molar-refractivity contribution is 5.68. The van der Waals surface area contributed by atoms with Crippen molar-refractivity contribution in [2.75, 3.05) is 18.1 Å². The molecule has 0 aliphatic carbocycles. The fourth-order valence-corrected chi connectivity index (χ4v) is 2.97. The van der Waals surface area contributed by atoms with E-state index in [1.54, 1.807) is 6.07 Å². The van der Waals surface area contributed by atoms with E-state index in [1.165, 1.54) is 24.2 Å². The van der Waals surface area contributed by atoms with Crippen LogP contribution in [0.4, 0.5) is 24.5 Å². The van der Waals surface area contributed by atoms with Crippen molar-refractivity contribution < 1.29 is 17.9 Å². The summed E-state index contributed by atoms with van der Waals surface area (Å²) in [6.45, 7) is 5.64. The minimum Gasteiger partial charge on any atom is -0.378 e. The van der Waals surface area contributed by atoms with E-state index < -0.39 is 12.2 Å². The summed E-state index contributed by atoms with van der Waals surface area (Å²) in [7, 11) is 0. The molecule has 4 nitrogen and oxygen atoms in total. The average Bonchev–Trinajstić information content (AvgIpc) is 2.58. The molecule has 2 atom stereocenters. The van der Waals surface area contributed by atoms with E-state index in [2.05, 4.69) is 16.7 Å². The number of aromatic nitrogens is 1. The minimum atomic E-state index is -4.32. The highest BCUT2D eigenvalue weighted by Gasteiger charge is 2.40. The summed E-state index contributed by atoms with van der Waals surface area (Å²) in [5.41, 5.74) is 0.775. The molecule has 2 heterocycles. The van der Waals surface area contributed by atoms with Crippen molar-refractivity contribution in [3.8, 4) is 0 Å². The van der Waals surface area contributed by atoms with Crippen LogP contribution in [-0.4, -0.2) is 43.2 Å². The molecule has 2 rings (SSSR count). The number of nitrogens with zero attached hydrogens (tertiary/aromatic N) is 3. The summed E-state index contributed by atoms with van der Waals surface area (Å²) in [5, 5.41) is 0. The molecule has 1 fully saturated rings. The highest BCUT2D eigenvalue weighted by Crippen LogP contribution is 2.34. The number of pyridine rings is 1. The van der Waals surface area contributed by atoms with Crippen molar-refractivity contribution in [3.05, 3.63) is 18.5 Å². The fourth-order valence-electron chi connectivity index (χ4n) is 2.97. The summed E-state index contributed by atoms with van der Waals surface area (Å²) in [4.78, 5) is 9.06. The van der Waals surface area contributed by atoms with Crippen molar-refractivity contribution in [3.63, 3.8) is 0 Å². The van der Waals surface area contributed by atoms with E-state index in [4.69, 9.17) is 4.74 Å². The van der Waals surface area contributed by atoms with Crippen LogP contribution >= 0.6 is 0 Å². The number of halogens is 3. The first-order valence-electron chi connectivity index (χ1n) is 8.29. The Labute approximate surface area is 140 Å². The predicted molar refractivity (Wildman–Crippen MR) is 89.1 cm³/mol. The van der Waals surface area contributed by atoms with Gasteiger partial charge in [-0.2, -0.15) is 13.2 Å². The number of hydrogen-bond acceptors (Lipinski definition) is 4. The zero-order valence-electron chi connectivity index (χ0n) is 13.9. The second-order valence-corrected chi connectivity index (χ2v) is 6.06. The molecule has 1 aliphatic heterocycles. The van der Waals surface area contributed by atoms with Gasteiger partial charge in [0, 0.05) is 19.3 Å². The first-order chi connectivity index (χ1) is 11.4. The number of hydrogen-bond donors (Lipinski definition) is 0. The van der Waals surface area contributed by atoms with Gasteiger partial charge >= 0.3 is 6.18 Å². The standard InChI is InChI=1S/C17H24F3N3O/c1-13(17(18,19)20)23(16-8-9-22-12-15(16)21-2)10-5-7-14-6-3-4-11-24-14/h8-9,12-14H,2-7,10-11H2,1H3. The molecule has 1 saturated heterocycles. The minimum absolute atomic E-state index is 0.163. The number of anilines is 1. The third-order valence-corrected chi connectivity index (χ3v) is 4.40. The van der Waals surface area contributed by atoms with Gasteiger partial charge < -0.3 is 9.64 Å². The lowest BCUT2D eigenvalue weighted by Gasteiger charge is -2.34. The predicted octanol–water partition coefficient (Wildman–Crippen LogP) is 4.52. The molecule has 134 valence electrons. The lowest BCUT2D eigenvalue weighted by molar-refractivity contribution is -0.144. The Morgan fingerprint density at radius 2 is 2.25 bits per heavy atom. The Bertz CT molecular complexity index is 530. The molecule has 0 amide bonds. The third-order valence-electron chi connectivity index (χ3n) is 4.40. The molecule has 24 heavy (non-hydrogen) atoms. The summed E-state index contributed by atoms with van der Waals surface area (Å²) in [6, 6.07) is -0.0451. The van der Waals surface area contributed by atoms with Gasteiger partial charge in [-0.15, -0.1) is 0 Å². The molecule has 1 aromatic rings. The fraction of sp³-hybridized carbons (Fsp3) is 0.647. The maximum atomic E-state index is 13.3. The number of rotatable bonds is 7. The Kier molecular flexibility index (Phi) is 6.60. The van der Waals surface area contributed by atoms with E-state index in [1.807, 2.05) is 0 Å². The van der Waals surface area contributed by atoms with E-state index in [9.17, 15) is 13.2 Å². The SMILES string of the molecule is C=Nc1cnccc1N(CCCC1CCCCO1)C(C)C(F)(F)F. The maximum Gasteiger partial charge on any atom is 0.408 e. The van der Waals surface area contributed by atoms with E-state index in [-0.39, 0.29) is 12.6 Å². The number of ether oxygens (including phenoxy) is 1. The third kappa shape index (κ3) is 4.93. The first kappa shape index (κ1) is 18.7. The van der Waals surface area contributed by atoms with Crippen molar-refractivity contribution in [1.82, 2.24) is 4.98 Å². The second kappa shape index (κ2) is 8.46. The second-order valence-electron chi connectivity index (χ2n) is 6.06. The van der Waals surface area contributed by atoms with Gasteiger partial charge in [-0.05, 0) is 51.8 Å². The molecule has 0 aromatic carbocycles. The molecule has 0 saturated carbocycles.